The van der Waals surface area contributed by atoms with E-state index >= 15 is 0 Å². The van der Waals surface area contributed by atoms with Gasteiger partial charge < -0.3 is 20.7 Å². The highest BCUT2D eigenvalue weighted by molar-refractivity contribution is 5.86. The van der Waals surface area contributed by atoms with Crippen LogP contribution in [0.4, 0.5) is 0 Å². The van der Waals surface area contributed by atoms with Crippen LogP contribution in [-0.2, 0) is 14.4 Å². The third kappa shape index (κ3) is 5.43. The Labute approximate surface area is 159 Å². The molecular weight excluding hydrogens is 348 g/mol. The Hall–Kier alpha value is -2.61. The first-order chi connectivity index (χ1) is 13.0. The lowest BCUT2D eigenvalue weighted by molar-refractivity contribution is -0.131. The predicted octanol–water partition coefficient (Wildman–Crippen LogP) is 0.199. The summed E-state index contributed by atoms with van der Waals surface area (Å²) in [6.07, 6.45) is 1.53. The van der Waals surface area contributed by atoms with Crippen molar-refractivity contribution in [3.63, 3.8) is 0 Å². The Kier molecular flexibility index (Phi) is 7.60. The number of benzene rings is 1. The maximum atomic E-state index is 12.6. The number of likely N-dealkylation sites (tertiary alicyclic amines) is 1. The SMILES string of the molecule is CNC(=O)C(c1ccc(OC)cc1)N1CCCC1C(=O)NCCNC(C)=O. The van der Waals surface area contributed by atoms with Crippen LogP contribution >= 0.6 is 0 Å². The fourth-order valence-corrected chi connectivity index (χ4v) is 3.34. The van der Waals surface area contributed by atoms with Crippen LogP contribution in [0.25, 0.3) is 0 Å². The fourth-order valence-electron chi connectivity index (χ4n) is 3.34. The van der Waals surface area contributed by atoms with Gasteiger partial charge in [0, 0.05) is 33.6 Å². The first kappa shape index (κ1) is 20.7. The number of carbonyl (C=O) groups excluding carboxylic acids is 3. The van der Waals surface area contributed by atoms with Crippen molar-refractivity contribution in [1.29, 1.82) is 0 Å². The summed E-state index contributed by atoms with van der Waals surface area (Å²) in [5.74, 6) is 0.299. The molecule has 3 N–H and O–H groups in total. The lowest BCUT2D eigenvalue weighted by atomic mass is 10.0. The molecule has 3 amide bonds. The number of nitrogens with one attached hydrogen (secondary N) is 3. The van der Waals surface area contributed by atoms with Gasteiger partial charge in [0.2, 0.25) is 17.7 Å². The van der Waals surface area contributed by atoms with Gasteiger partial charge in [0.05, 0.1) is 13.2 Å². The van der Waals surface area contributed by atoms with E-state index in [1.165, 1.54) is 6.92 Å². The molecule has 1 fully saturated rings. The van der Waals surface area contributed by atoms with Gasteiger partial charge >= 0.3 is 0 Å². The topological polar surface area (TPSA) is 99.8 Å². The third-order valence-electron chi connectivity index (χ3n) is 4.65. The predicted molar refractivity (Wildman–Crippen MR) is 101 cm³/mol. The molecule has 27 heavy (non-hydrogen) atoms. The van der Waals surface area contributed by atoms with Crippen molar-refractivity contribution in [3.8, 4) is 5.75 Å². The summed E-state index contributed by atoms with van der Waals surface area (Å²) in [7, 11) is 3.18. The van der Waals surface area contributed by atoms with Gasteiger partial charge in [-0.3, -0.25) is 19.3 Å². The van der Waals surface area contributed by atoms with E-state index in [0.29, 0.717) is 31.8 Å². The number of ether oxygens (including phenoxy) is 1. The molecule has 0 bridgehead atoms. The van der Waals surface area contributed by atoms with Gasteiger partial charge in [-0.25, -0.2) is 0 Å². The number of carbonyl (C=O) groups is 3. The molecule has 148 valence electrons. The molecule has 8 heteroatoms. The van der Waals surface area contributed by atoms with Crippen LogP contribution in [0.15, 0.2) is 24.3 Å². The fraction of sp³-hybridized carbons (Fsp3) is 0.526. The minimum Gasteiger partial charge on any atom is -0.497 e. The van der Waals surface area contributed by atoms with E-state index in [0.717, 1.165) is 12.0 Å². The van der Waals surface area contributed by atoms with Crippen molar-refractivity contribution in [2.75, 3.05) is 33.8 Å². The zero-order valence-corrected chi connectivity index (χ0v) is 16.1. The van der Waals surface area contributed by atoms with Crippen LogP contribution in [0.5, 0.6) is 5.75 Å². The van der Waals surface area contributed by atoms with E-state index < -0.39 is 6.04 Å². The van der Waals surface area contributed by atoms with E-state index in [4.69, 9.17) is 4.74 Å². The number of methoxy groups -OCH3 is 1. The first-order valence-electron chi connectivity index (χ1n) is 9.11. The van der Waals surface area contributed by atoms with Crippen LogP contribution in [0.2, 0.25) is 0 Å². The Balaban J connectivity index is 2.12. The van der Waals surface area contributed by atoms with Crippen molar-refractivity contribution < 1.29 is 19.1 Å². The molecule has 0 radical (unpaired) electrons. The van der Waals surface area contributed by atoms with Crippen molar-refractivity contribution in [3.05, 3.63) is 29.8 Å². The average Bonchev–Trinajstić information content (AvgIpc) is 3.14. The molecule has 1 heterocycles. The zero-order valence-electron chi connectivity index (χ0n) is 16.1. The first-order valence-corrected chi connectivity index (χ1v) is 9.11. The highest BCUT2D eigenvalue weighted by atomic mass is 16.5. The molecule has 2 rings (SSSR count). The molecule has 8 nitrogen and oxygen atoms in total. The van der Waals surface area contributed by atoms with Gasteiger partial charge in [-0.2, -0.15) is 0 Å². The summed E-state index contributed by atoms with van der Waals surface area (Å²) in [6, 6.07) is 6.39. The third-order valence-corrected chi connectivity index (χ3v) is 4.65. The molecular formula is C19H28N4O4. The Bertz CT molecular complexity index is 662. The molecule has 1 aromatic rings. The highest BCUT2D eigenvalue weighted by Gasteiger charge is 2.38. The normalized spacial score (nSPS) is 17.8. The van der Waals surface area contributed by atoms with Crippen LogP contribution in [0.1, 0.15) is 31.4 Å². The van der Waals surface area contributed by atoms with Crippen molar-refractivity contribution in [1.82, 2.24) is 20.9 Å². The van der Waals surface area contributed by atoms with Crippen LogP contribution in [0.3, 0.4) is 0 Å². The second-order valence-corrected chi connectivity index (χ2v) is 6.46. The average molecular weight is 376 g/mol. The summed E-state index contributed by atoms with van der Waals surface area (Å²) < 4.78 is 5.18. The van der Waals surface area contributed by atoms with Gasteiger partial charge in [-0.05, 0) is 30.5 Å². The summed E-state index contributed by atoms with van der Waals surface area (Å²) in [6.45, 7) is 2.83. The second kappa shape index (κ2) is 9.91. The van der Waals surface area contributed by atoms with Crippen molar-refractivity contribution in [2.45, 2.75) is 31.8 Å². The Morgan fingerprint density at radius 3 is 2.44 bits per heavy atom. The summed E-state index contributed by atoms with van der Waals surface area (Å²) in [4.78, 5) is 38.1. The quantitative estimate of drug-likeness (QED) is 0.563. The zero-order chi connectivity index (χ0) is 19.8. The molecule has 1 aromatic carbocycles. The molecule has 0 aliphatic carbocycles. The maximum Gasteiger partial charge on any atom is 0.241 e. The Morgan fingerprint density at radius 1 is 1.19 bits per heavy atom. The molecule has 2 unspecified atom stereocenters. The molecule has 2 atom stereocenters. The maximum absolute atomic E-state index is 12.6. The van der Waals surface area contributed by atoms with E-state index in [2.05, 4.69) is 16.0 Å². The lowest BCUT2D eigenvalue weighted by Crippen LogP contribution is -2.49. The van der Waals surface area contributed by atoms with E-state index in [-0.39, 0.29) is 23.8 Å². The molecule has 0 saturated carbocycles. The molecule has 1 aliphatic heterocycles. The van der Waals surface area contributed by atoms with E-state index in [1.54, 1.807) is 14.2 Å². The molecule has 1 saturated heterocycles. The summed E-state index contributed by atoms with van der Waals surface area (Å²) in [5.41, 5.74) is 0.813. The minimum atomic E-state index is -0.547. The number of hydrogen-bond donors (Lipinski definition) is 3. The second-order valence-electron chi connectivity index (χ2n) is 6.46. The standard InChI is InChI=1S/C19H28N4O4/c1-13(24)21-10-11-22-18(25)16-5-4-12-23(16)17(19(26)20-2)14-6-8-15(27-3)9-7-14/h6-9,16-17H,4-5,10-12H2,1-3H3,(H,20,26)(H,21,24)(H,22,25). The smallest absolute Gasteiger partial charge is 0.241 e. The number of rotatable bonds is 8. The number of amides is 3. The van der Waals surface area contributed by atoms with Crippen LogP contribution in [0, 0.1) is 0 Å². The van der Waals surface area contributed by atoms with Gasteiger partial charge in [0.1, 0.15) is 11.8 Å². The van der Waals surface area contributed by atoms with Crippen LogP contribution < -0.4 is 20.7 Å². The van der Waals surface area contributed by atoms with E-state index in [9.17, 15) is 14.4 Å². The van der Waals surface area contributed by atoms with Crippen LogP contribution in [-0.4, -0.2) is 62.5 Å². The summed E-state index contributed by atoms with van der Waals surface area (Å²) >= 11 is 0. The largest absolute Gasteiger partial charge is 0.497 e. The Morgan fingerprint density at radius 2 is 1.85 bits per heavy atom. The number of nitrogens with zero attached hydrogens (tertiary/aromatic N) is 1. The van der Waals surface area contributed by atoms with Gasteiger partial charge in [-0.15, -0.1) is 0 Å². The van der Waals surface area contributed by atoms with E-state index in [1.807, 2.05) is 29.2 Å². The lowest BCUT2D eigenvalue weighted by Gasteiger charge is -2.31. The number of likely N-dealkylation sites (N-methyl/N-ethyl adjacent to an activating group) is 1. The molecule has 1 aliphatic rings. The van der Waals surface area contributed by atoms with Crippen molar-refractivity contribution in [2.24, 2.45) is 0 Å². The highest BCUT2D eigenvalue weighted by Crippen LogP contribution is 2.30. The summed E-state index contributed by atoms with van der Waals surface area (Å²) in [5, 5.41) is 8.19. The van der Waals surface area contributed by atoms with Gasteiger partial charge in [-0.1, -0.05) is 12.1 Å². The van der Waals surface area contributed by atoms with Gasteiger partial charge in [0.25, 0.3) is 0 Å². The minimum absolute atomic E-state index is 0.125. The molecule has 0 spiro atoms. The monoisotopic (exact) mass is 376 g/mol. The number of hydrogen-bond acceptors (Lipinski definition) is 5. The van der Waals surface area contributed by atoms with Gasteiger partial charge in [0.15, 0.2) is 0 Å². The van der Waals surface area contributed by atoms with Crippen molar-refractivity contribution >= 4 is 17.7 Å². The molecule has 0 aromatic heterocycles.